The van der Waals surface area contributed by atoms with Crippen LogP contribution in [0.15, 0.2) is 84.9 Å². The van der Waals surface area contributed by atoms with Crippen molar-refractivity contribution in [1.29, 1.82) is 0 Å². The summed E-state index contributed by atoms with van der Waals surface area (Å²) >= 11 is 0. The zero-order chi connectivity index (χ0) is 21.6. The molecule has 4 aromatic rings. The molecule has 7 nitrogen and oxygen atoms in total. The summed E-state index contributed by atoms with van der Waals surface area (Å²) in [6.07, 6.45) is 0.375. The van der Waals surface area contributed by atoms with Gasteiger partial charge in [-0.25, -0.2) is 9.67 Å². The zero-order valence-electron chi connectivity index (χ0n) is 16.9. The second-order valence-corrected chi connectivity index (χ2v) is 6.81. The van der Waals surface area contributed by atoms with Crippen LogP contribution in [0.4, 0.5) is 11.4 Å². The number of carbonyl (C=O) groups is 2. The molecule has 154 valence electrons. The highest BCUT2D eigenvalue weighted by Gasteiger charge is 2.19. The van der Waals surface area contributed by atoms with Crippen LogP contribution in [0.3, 0.4) is 0 Å². The quantitative estimate of drug-likeness (QED) is 0.488. The van der Waals surface area contributed by atoms with Crippen molar-refractivity contribution in [2.45, 2.75) is 13.3 Å². The lowest BCUT2D eigenvalue weighted by atomic mass is 10.2. The Hall–Kier alpha value is -4.26. The second kappa shape index (κ2) is 9.04. The molecular weight excluding hydrogens is 390 g/mol. The first kappa shape index (κ1) is 20.0. The van der Waals surface area contributed by atoms with Crippen LogP contribution in [0.5, 0.6) is 0 Å². The summed E-state index contributed by atoms with van der Waals surface area (Å²) in [5.74, 6) is 0.0803. The van der Waals surface area contributed by atoms with Crippen LogP contribution in [0.2, 0.25) is 0 Å². The van der Waals surface area contributed by atoms with Crippen molar-refractivity contribution in [3.8, 4) is 17.1 Å². The van der Waals surface area contributed by atoms with E-state index < -0.39 is 5.91 Å². The van der Waals surface area contributed by atoms with E-state index in [-0.39, 0.29) is 11.7 Å². The lowest BCUT2D eigenvalue weighted by Gasteiger charge is -2.07. The first-order valence-electron chi connectivity index (χ1n) is 9.93. The summed E-state index contributed by atoms with van der Waals surface area (Å²) in [5, 5.41) is 10.0. The number of hydrogen-bond donors (Lipinski definition) is 2. The summed E-state index contributed by atoms with van der Waals surface area (Å²) in [6.45, 7) is 1.78. The largest absolute Gasteiger partial charge is 0.326 e. The minimum absolute atomic E-state index is 0.0469. The maximum Gasteiger partial charge on any atom is 0.295 e. The van der Waals surface area contributed by atoms with Gasteiger partial charge in [-0.2, -0.15) is 0 Å². The fourth-order valence-corrected chi connectivity index (χ4v) is 3.04. The maximum absolute atomic E-state index is 12.9. The molecule has 3 aromatic carbocycles. The molecule has 0 spiro atoms. The molecule has 31 heavy (non-hydrogen) atoms. The molecule has 1 heterocycles. The average Bonchev–Trinajstić information content (AvgIpc) is 3.26. The molecule has 4 rings (SSSR count). The van der Waals surface area contributed by atoms with Crippen LogP contribution in [0, 0.1) is 0 Å². The van der Waals surface area contributed by atoms with Gasteiger partial charge < -0.3 is 10.6 Å². The Kier molecular flexibility index (Phi) is 5.84. The van der Waals surface area contributed by atoms with Crippen LogP contribution < -0.4 is 10.6 Å². The third-order valence-electron chi connectivity index (χ3n) is 4.57. The predicted octanol–water partition coefficient (Wildman–Crippen LogP) is 4.54. The standard InChI is InChI=1S/C24H21N5O2/c1-2-21(30)25-18-12-9-13-19(16-18)26-24(31)22-27-23(17-10-5-3-6-11-17)29(28-22)20-14-7-4-8-15-20/h3-16H,2H2,1H3,(H,25,30)(H,26,31). The fourth-order valence-electron chi connectivity index (χ4n) is 3.04. The number of para-hydroxylation sites is 1. The lowest BCUT2D eigenvalue weighted by Crippen LogP contribution is -2.15. The average molecular weight is 411 g/mol. The summed E-state index contributed by atoms with van der Waals surface area (Å²) in [7, 11) is 0. The monoisotopic (exact) mass is 411 g/mol. The highest BCUT2D eigenvalue weighted by Crippen LogP contribution is 2.22. The predicted molar refractivity (Wildman–Crippen MR) is 120 cm³/mol. The van der Waals surface area contributed by atoms with Crippen LogP contribution in [0.25, 0.3) is 17.1 Å². The molecule has 2 N–H and O–H groups in total. The van der Waals surface area contributed by atoms with Crippen molar-refractivity contribution >= 4 is 23.2 Å². The van der Waals surface area contributed by atoms with E-state index in [4.69, 9.17) is 0 Å². The Labute approximate surface area is 179 Å². The number of rotatable bonds is 6. The van der Waals surface area contributed by atoms with Gasteiger partial charge in [-0.1, -0.05) is 61.5 Å². The Balaban J connectivity index is 1.64. The fraction of sp³-hybridized carbons (Fsp3) is 0.0833. The number of nitrogens with one attached hydrogen (secondary N) is 2. The minimum atomic E-state index is -0.439. The normalized spacial score (nSPS) is 10.5. The molecule has 7 heteroatoms. The van der Waals surface area contributed by atoms with E-state index >= 15 is 0 Å². The highest BCUT2D eigenvalue weighted by molar-refractivity contribution is 6.02. The van der Waals surface area contributed by atoms with E-state index in [1.54, 1.807) is 35.9 Å². The van der Waals surface area contributed by atoms with E-state index in [1.165, 1.54) is 0 Å². The van der Waals surface area contributed by atoms with Crippen molar-refractivity contribution in [2.24, 2.45) is 0 Å². The molecule has 1 aromatic heterocycles. The van der Waals surface area contributed by atoms with Crippen molar-refractivity contribution in [3.63, 3.8) is 0 Å². The van der Waals surface area contributed by atoms with Crippen molar-refractivity contribution in [3.05, 3.63) is 90.8 Å². The van der Waals surface area contributed by atoms with E-state index in [9.17, 15) is 9.59 Å². The summed E-state index contributed by atoms with van der Waals surface area (Å²) in [6, 6.07) is 26.1. The minimum Gasteiger partial charge on any atom is -0.326 e. The number of aromatic nitrogens is 3. The van der Waals surface area contributed by atoms with Gasteiger partial charge in [0.05, 0.1) is 5.69 Å². The number of hydrogen-bond acceptors (Lipinski definition) is 4. The van der Waals surface area contributed by atoms with Gasteiger partial charge in [0.1, 0.15) is 0 Å². The van der Waals surface area contributed by atoms with E-state index in [0.29, 0.717) is 23.6 Å². The Bertz CT molecular complexity index is 1150. The van der Waals surface area contributed by atoms with Crippen molar-refractivity contribution < 1.29 is 9.59 Å². The van der Waals surface area contributed by atoms with Crippen LogP contribution in [0.1, 0.15) is 24.0 Å². The molecule has 0 saturated heterocycles. The molecule has 0 fully saturated rings. The van der Waals surface area contributed by atoms with E-state index in [0.717, 1.165) is 11.3 Å². The van der Waals surface area contributed by atoms with E-state index in [1.807, 2.05) is 60.7 Å². The van der Waals surface area contributed by atoms with Gasteiger partial charge in [0.2, 0.25) is 11.7 Å². The van der Waals surface area contributed by atoms with Gasteiger partial charge in [0.25, 0.3) is 5.91 Å². The third-order valence-corrected chi connectivity index (χ3v) is 4.57. The van der Waals surface area contributed by atoms with Gasteiger partial charge in [0.15, 0.2) is 5.82 Å². The molecule has 0 atom stereocenters. The van der Waals surface area contributed by atoms with Crippen LogP contribution in [-0.4, -0.2) is 26.6 Å². The number of nitrogens with zero attached hydrogens (tertiary/aromatic N) is 3. The Morgan fingerprint density at radius 3 is 2.16 bits per heavy atom. The first-order valence-corrected chi connectivity index (χ1v) is 9.93. The van der Waals surface area contributed by atoms with Gasteiger partial charge in [-0.3, -0.25) is 9.59 Å². The molecule has 0 radical (unpaired) electrons. The van der Waals surface area contributed by atoms with Gasteiger partial charge in [-0.05, 0) is 30.3 Å². The van der Waals surface area contributed by atoms with Gasteiger partial charge in [-0.15, -0.1) is 5.10 Å². The van der Waals surface area contributed by atoms with Crippen molar-refractivity contribution in [1.82, 2.24) is 14.8 Å². The molecular formula is C24H21N5O2. The smallest absolute Gasteiger partial charge is 0.295 e. The second-order valence-electron chi connectivity index (χ2n) is 6.81. The first-order chi connectivity index (χ1) is 15.1. The van der Waals surface area contributed by atoms with Gasteiger partial charge in [0, 0.05) is 23.4 Å². The summed E-state index contributed by atoms with van der Waals surface area (Å²) in [5.41, 5.74) is 2.80. The number of amides is 2. The Morgan fingerprint density at radius 1 is 0.839 bits per heavy atom. The third kappa shape index (κ3) is 4.67. The SMILES string of the molecule is CCC(=O)Nc1cccc(NC(=O)c2nc(-c3ccccc3)n(-c3ccccc3)n2)c1. The van der Waals surface area contributed by atoms with Crippen LogP contribution >= 0.6 is 0 Å². The molecule has 0 bridgehead atoms. The summed E-state index contributed by atoms with van der Waals surface area (Å²) in [4.78, 5) is 29.0. The zero-order valence-corrected chi connectivity index (χ0v) is 16.9. The van der Waals surface area contributed by atoms with Crippen molar-refractivity contribution in [2.75, 3.05) is 10.6 Å². The summed E-state index contributed by atoms with van der Waals surface area (Å²) < 4.78 is 1.65. The Morgan fingerprint density at radius 2 is 1.48 bits per heavy atom. The molecule has 0 aliphatic heterocycles. The van der Waals surface area contributed by atoms with Gasteiger partial charge >= 0.3 is 0 Å². The highest BCUT2D eigenvalue weighted by atomic mass is 16.2. The topological polar surface area (TPSA) is 88.9 Å². The molecule has 0 unspecified atom stereocenters. The van der Waals surface area contributed by atoms with E-state index in [2.05, 4.69) is 20.7 Å². The lowest BCUT2D eigenvalue weighted by molar-refractivity contribution is -0.115. The number of carbonyl (C=O) groups excluding carboxylic acids is 2. The molecule has 2 amide bonds. The molecule has 0 aliphatic rings. The number of anilines is 2. The number of benzene rings is 3. The maximum atomic E-state index is 12.9. The van der Waals surface area contributed by atoms with Crippen LogP contribution in [-0.2, 0) is 4.79 Å². The molecule has 0 aliphatic carbocycles. The molecule has 0 saturated carbocycles.